The number of hydrogen-bond acceptors (Lipinski definition) is 6. The van der Waals surface area contributed by atoms with Gasteiger partial charge in [-0.3, -0.25) is 14.6 Å². The average molecular weight is 348 g/mol. The van der Waals surface area contributed by atoms with Crippen molar-refractivity contribution in [3.63, 3.8) is 0 Å². The Bertz CT molecular complexity index is 679. The molecule has 1 amide bonds. The Hall–Kier alpha value is -1.93. The van der Waals surface area contributed by atoms with Crippen LogP contribution in [-0.2, 0) is 14.3 Å². The molecule has 8 nitrogen and oxygen atoms in total. The molecule has 3 saturated heterocycles. The van der Waals surface area contributed by atoms with Crippen molar-refractivity contribution in [2.75, 3.05) is 50.9 Å². The van der Waals surface area contributed by atoms with E-state index in [-0.39, 0.29) is 23.5 Å². The standard InChI is InChI=1S/C17H24N4O4/c22-15-10-13(18-17(19-15)20-5-8-24-9-6-20)12-3-4-21(11-12)16(23)14-2-1-7-25-14/h10,12,14H,1-9,11H2,(H,18,19,22)/t12-,14-/m0/s1. The van der Waals surface area contributed by atoms with E-state index in [1.54, 1.807) is 6.07 Å². The Kier molecular flexibility index (Phi) is 4.72. The van der Waals surface area contributed by atoms with E-state index in [1.165, 1.54) is 0 Å². The summed E-state index contributed by atoms with van der Waals surface area (Å²) in [4.78, 5) is 36.0. The number of amides is 1. The number of morpholine rings is 1. The molecule has 0 spiro atoms. The molecule has 4 heterocycles. The lowest BCUT2D eigenvalue weighted by molar-refractivity contribution is -0.139. The summed E-state index contributed by atoms with van der Waals surface area (Å²) in [6.45, 7) is 4.71. The first-order chi connectivity index (χ1) is 12.2. The molecule has 0 aliphatic carbocycles. The molecule has 8 heteroatoms. The van der Waals surface area contributed by atoms with Crippen molar-refractivity contribution in [1.82, 2.24) is 14.9 Å². The monoisotopic (exact) mass is 348 g/mol. The number of hydrogen-bond donors (Lipinski definition) is 1. The zero-order valence-electron chi connectivity index (χ0n) is 14.3. The normalized spacial score (nSPS) is 27.0. The highest BCUT2D eigenvalue weighted by Crippen LogP contribution is 2.28. The van der Waals surface area contributed by atoms with Crippen molar-refractivity contribution in [2.45, 2.75) is 31.3 Å². The van der Waals surface area contributed by atoms with Gasteiger partial charge in [-0.25, -0.2) is 4.98 Å². The van der Waals surface area contributed by atoms with E-state index in [1.807, 2.05) is 9.80 Å². The van der Waals surface area contributed by atoms with Crippen molar-refractivity contribution < 1.29 is 14.3 Å². The summed E-state index contributed by atoms with van der Waals surface area (Å²) in [5.41, 5.74) is 0.628. The molecule has 3 aliphatic rings. The van der Waals surface area contributed by atoms with E-state index in [4.69, 9.17) is 9.47 Å². The molecule has 1 N–H and O–H groups in total. The summed E-state index contributed by atoms with van der Waals surface area (Å²) in [6, 6.07) is 1.56. The first-order valence-electron chi connectivity index (χ1n) is 9.05. The summed E-state index contributed by atoms with van der Waals surface area (Å²) < 4.78 is 10.9. The van der Waals surface area contributed by atoms with Crippen LogP contribution in [0, 0.1) is 0 Å². The molecular formula is C17H24N4O4. The molecule has 0 saturated carbocycles. The maximum absolute atomic E-state index is 12.5. The second-order valence-corrected chi connectivity index (χ2v) is 6.86. The molecule has 2 atom stereocenters. The molecule has 136 valence electrons. The van der Waals surface area contributed by atoms with Crippen LogP contribution >= 0.6 is 0 Å². The summed E-state index contributed by atoms with van der Waals surface area (Å²) >= 11 is 0. The second kappa shape index (κ2) is 7.13. The quantitative estimate of drug-likeness (QED) is 0.834. The number of aromatic amines is 1. The summed E-state index contributed by atoms with van der Waals surface area (Å²) in [7, 11) is 0. The van der Waals surface area contributed by atoms with Crippen LogP contribution in [0.2, 0.25) is 0 Å². The molecule has 3 aliphatic heterocycles. The van der Waals surface area contributed by atoms with Crippen LogP contribution in [0.5, 0.6) is 0 Å². The fourth-order valence-corrected chi connectivity index (χ4v) is 3.78. The Labute approximate surface area is 146 Å². The number of carbonyl (C=O) groups excluding carboxylic acids is 1. The number of rotatable bonds is 3. The minimum absolute atomic E-state index is 0.0817. The number of nitrogens with zero attached hydrogens (tertiary/aromatic N) is 3. The summed E-state index contributed by atoms with van der Waals surface area (Å²) in [5.74, 6) is 0.792. The molecule has 25 heavy (non-hydrogen) atoms. The highest BCUT2D eigenvalue weighted by Gasteiger charge is 2.34. The Morgan fingerprint density at radius 1 is 1.20 bits per heavy atom. The van der Waals surface area contributed by atoms with Crippen molar-refractivity contribution in [3.05, 3.63) is 22.1 Å². The van der Waals surface area contributed by atoms with Crippen molar-refractivity contribution in [2.24, 2.45) is 0 Å². The van der Waals surface area contributed by atoms with E-state index in [0.717, 1.165) is 38.0 Å². The maximum atomic E-state index is 12.5. The number of nitrogens with one attached hydrogen (secondary N) is 1. The van der Waals surface area contributed by atoms with E-state index in [9.17, 15) is 9.59 Å². The van der Waals surface area contributed by atoms with Gasteiger partial charge in [0, 0.05) is 44.8 Å². The fraction of sp³-hybridized carbons (Fsp3) is 0.706. The second-order valence-electron chi connectivity index (χ2n) is 6.86. The van der Waals surface area contributed by atoms with Gasteiger partial charge >= 0.3 is 0 Å². The third-order valence-electron chi connectivity index (χ3n) is 5.18. The highest BCUT2D eigenvalue weighted by atomic mass is 16.5. The lowest BCUT2D eigenvalue weighted by Gasteiger charge is -2.27. The number of aromatic nitrogens is 2. The number of ether oxygens (including phenoxy) is 2. The van der Waals surface area contributed by atoms with Gasteiger partial charge in [0.2, 0.25) is 5.95 Å². The first kappa shape index (κ1) is 16.5. The van der Waals surface area contributed by atoms with Gasteiger partial charge in [-0.15, -0.1) is 0 Å². The third-order valence-corrected chi connectivity index (χ3v) is 5.18. The minimum atomic E-state index is -0.283. The smallest absolute Gasteiger partial charge is 0.252 e. The van der Waals surface area contributed by atoms with E-state index in [0.29, 0.717) is 38.9 Å². The van der Waals surface area contributed by atoms with Crippen LogP contribution < -0.4 is 10.5 Å². The average Bonchev–Trinajstić information content (AvgIpc) is 3.33. The predicted molar refractivity (Wildman–Crippen MR) is 90.8 cm³/mol. The van der Waals surface area contributed by atoms with Crippen molar-refractivity contribution in [1.29, 1.82) is 0 Å². The van der Waals surface area contributed by atoms with Crippen molar-refractivity contribution >= 4 is 11.9 Å². The third kappa shape index (κ3) is 3.55. The van der Waals surface area contributed by atoms with Gasteiger partial charge in [0.05, 0.1) is 18.9 Å². The molecular weight excluding hydrogens is 324 g/mol. The Balaban J connectivity index is 1.47. The van der Waals surface area contributed by atoms with Crippen LogP contribution in [0.25, 0.3) is 0 Å². The number of anilines is 1. The molecule has 0 unspecified atom stereocenters. The maximum Gasteiger partial charge on any atom is 0.252 e. The molecule has 1 aromatic rings. The van der Waals surface area contributed by atoms with Crippen LogP contribution in [0.4, 0.5) is 5.95 Å². The fourth-order valence-electron chi connectivity index (χ4n) is 3.78. The zero-order valence-corrected chi connectivity index (χ0v) is 14.3. The number of H-pyrrole nitrogens is 1. The number of likely N-dealkylation sites (tertiary alicyclic amines) is 1. The molecule has 0 radical (unpaired) electrons. The van der Waals surface area contributed by atoms with Crippen LogP contribution in [-0.4, -0.2) is 72.9 Å². The van der Waals surface area contributed by atoms with E-state index >= 15 is 0 Å². The van der Waals surface area contributed by atoms with Crippen LogP contribution in [0.3, 0.4) is 0 Å². The molecule has 0 aromatic carbocycles. The largest absolute Gasteiger partial charge is 0.378 e. The van der Waals surface area contributed by atoms with E-state index < -0.39 is 0 Å². The molecule has 1 aromatic heterocycles. The summed E-state index contributed by atoms with van der Waals surface area (Å²) in [5, 5.41) is 0. The number of carbonyl (C=O) groups is 1. The minimum Gasteiger partial charge on any atom is -0.378 e. The zero-order chi connectivity index (χ0) is 17.2. The first-order valence-corrected chi connectivity index (χ1v) is 9.05. The molecule has 0 bridgehead atoms. The Morgan fingerprint density at radius 2 is 2.04 bits per heavy atom. The van der Waals surface area contributed by atoms with Crippen LogP contribution in [0.1, 0.15) is 30.9 Å². The molecule has 4 rings (SSSR count). The molecule has 3 fully saturated rings. The van der Waals surface area contributed by atoms with Gasteiger partial charge in [0.25, 0.3) is 11.5 Å². The van der Waals surface area contributed by atoms with Gasteiger partial charge < -0.3 is 19.3 Å². The summed E-state index contributed by atoms with van der Waals surface area (Å²) in [6.07, 6.45) is 2.31. The van der Waals surface area contributed by atoms with Crippen LogP contribution in [0.15, 0.2) is 10.9 Å². The van der Waals surface area contributed by atoms with Gasteiger partial charge in [-0.2, -0.15) is 0 Å². The van der Waals surface area contributed by atoms with Gasteiger partial charge in [-0.1, -0.05) is 0 Å². The highest BCUT2D eigenvalue weighted by molar-refractivity contribution is 5.81. The topological polar surface area (TPSA) is 87.8 Å². The van der Waals surface area contributed by atoms with Gasteiger partial charge in [-0.05, 0) is 19.3 Å². The SMILES string of the molecule is O=C([C@@H]1CCCO1)N1CC[C@H](c2cc(=O)[nH]c(N3CCOCC3)n2)C1. The Morgan fingerprint density at radius 3 is 2.80 bits per heavy atom. The lowest BCUT2D eigenvalue weighted by Crippen LogP contribution is -2.38. The van der Waals surface area contributed by atoms with Gasteiger partial charge in [0.15, 0.2) is 0 Å². The van der Waals surface area contributed by atoms with E-state index in [2.05, 4.69) is 9.97 Å². The lowest BCUT2D eigenvalue weighted by atomic mass is 10.0. The van der Waals surface area contributed by atoms with Crippen molar-refractivity contribution in [3.8, 4) is 0 Å². The predicted octanol–water partition coefficient (Wildman–Crippen LogP) is 0.101. The van der Waals surface area contributed by atoms with Gasteiger partial charge in [0.1, 0.15) is 6.10 Å².